The van der Waals surface area contributed by atoms with Gasteiger partial charge in [0, 0.05) is 24.1 Å². The standard InChI is InChI=1S/C18H22ClNO3S/c1-3-4-11-23-14-7-5-13(6-8-14)18(21)20-12-15(22-2)16-9-10-17(19)24-16/h5-10,15H,3-4,11-12H2,1-2H3,(H,20,21)/t15-/m0/s1. The predicted molar refractivity (Wildman–Crippen MR) is 98.3 cm³/mol. The number of halogens is 1. The van der Waals surface area contributed by atoms with Crippen LogP contribution in [0.15, 0.2) is 36.4 Å². The number of carbonyl (C=O) groups excluding carboxylic acids is 1. The number of hydrogen-bond acceptors (Lipinski definition) is 4. The number of hydrogen-bond donors (Lipinski definition) is 1. The first-order chi connectivity index (χ1) is 11.6. The maximum absolute atomic E-state index is 12.2. The van der Waals surface area contributed by atoms with Gasteiger partial charge in [0.15, 0.2) is 0 Å². The van der Waals surface area contributed by atoms with E-state index in [2.05, 4.69) is 12.2 Å². The number of benzene rings is 1. The maximum atomic E-state index is 12.2. The quantitative estimate of drug-likeness (QED) is 0.653. The molecule has 0 unspecified atom stereocenters. The third-order valence-electron chi connectivity index (χ3n) is 3.53. The zero-order valence-electron chi connectivity index (χ0n) is 13.9. The minimum atomic E-state index is -0.205. The van der Waals surface area contributed by atoms with Crippen LogP contribution in [0.3, 0.4) is 0 Å². The molecule has 24 heavy (non-hydrogen) atoms. The first kappa shape index (κ1) is 18.8. The van der Waals surface area contributed by atoms with Gasteiger partial charge in [0.1, 0.15) is 11.9 Å². The van der Waals surface area contributed by atoms with Crippen molar-refractivity contribution in [3.63, 3.8) is 0 Å². The third kappa shape index (κ3) is 5.51. The monoisotopic (exact) mass is 367 g/mol. The fraction of sp³-hybridized carbons (Fsp3) is 0.389. The number of carbonyl (C=O) groups is 1. The van der Waals surface area contributed by atoms with Gasteiger partial charge in [-0.05, 0) is 42.8 Å². The summed E-state index contributed by atoms with van der Waals surface area (Å²) >= 11 is 7.40. The Morgan fingerprint density at radius 2 is 2.00 bits per heavy atom. The Balaban J connectivity index is 1.87. The number of unbranched alkanes of at least 4 members (excludes halogenated alkanes) is 1. The van der Waals surface area contributed by atoms with Gasteiger partial charge in [0.05, 0.1) is 10.9 Å². The summed E-state index contributed by atoms with van der Waals surface area (Å²) in [6, 6.07) is 10.9. The van der Waals surface area contributed by atoms with E-state index in [-0.39, 0.29) is 12.0 Å². The molecule has 0 fully saturated rings. The minimum Gasteiger partial charge on any atom is -0.494 e. The second-order valence-corrected chi connectivity index (χ2v) is 7.05. The van der Waals surface area contributed by atoms with E-state index in [0.29, 0.717) is 23.1 Å². The SMILES string of the molecule is CCCCOc1ccc(C(=O)NC[C@H](OC)c2ccc(Cl)s2)cc1. The number of amides is 1. The van der Waals surface area contributed by atoms with Crippen LogP contribution in [-0.2, 0) is 4.74 Å². The largest absolute Gasteiger partial charge is 0.494 e. The van der Waals surface area contributed by atoms with Crippen molar-refractivity contribution in [2.75, 3.05) is 20.3 Å². The molecule has 2 rings (SSSR count). The van der Waals surface area contributed by atoms with Gasteiger partial charge in [0.2, 0.25) is 0 Å². The molecule has 4 nitrogen and oxygen atoms in total. The number of methoxy groups -OCH3 is 1. The van der Waals surface area contributed by atoms with Crippen LogP contribution in [0.4, 0.5) is 0 Å². The summed E-state index contributed by atoms with van der Waals surface area (Å²) in [6.07, 6.45) is 1.91. The molecule has 0 aliphatic rings. The minimum absolute atomic E-state index is 0.139. The molecule has 2 aromatic rings. The van der Waals surface area contributed by atoms with Crippen LogP contribution >= 0.6 is 22.9 Å². The van der Waals surface area contributed by atoms with Crippen LogP contribution in [0.5, 0.6) is 5.75 Å². The molecule has 0 spiro atoms. The first-order valence-corrected chi connectivity index (χ1v) is 9.12. The fourth-order valence-corrected chi connectivity index (χ4v) is 3.26. The fourth-order valence-electron chi connectivity index (χ4n) is 2.13. The average Bonchev–Trinajstić information content (AvgIpc) is 3.02. The molecule has 0 radical (unpaired) electrons. The van der Waals surface area contributed by atoms with Gasteiger partial charge in [-0.1, -0.05) is 24.9 Å². The molecule has 0 aliphatic heterocycles. The highest BCUT2D eigenvalue weighted by Gasteiger charge is 2.15. The molecule has 6 heteroatoms. The Hall–Kier alpha value is -1.56. The Morgan fingerprint density at radius 3 is 2.58 bits per heavy atom. The van der Waals surface area contributed by atoms with Crippen LogP contribution in [0.1, 0.15) is 41.1 Å². The lowest BCUT2D eigenvalue weighted by molar-refractivity contribution is 0.0837. The van der Waals surface area contributed by atoms with Crippen molar-refractivity contribution in [3.8, 4) is 5.75 Å². The van der Waals surface area contributed by atoms with Crippen molar-refractivity contribution in [2.45, 2.75) is 25.9 Å². The van der Waals surface area contributed by atoms with Gasteiger partial charge in [-0.3, -0.25) is 4.79 Å². The number of ether oxygens (including phenoxy) is 2. The number of thiophene rings is 1. The summed E-state index contributed by atoms with van der Waals surface area (Å²) in [5.74, 6) is 0.641. The molecular weight excluding hydrogens is 346 g/mol. The Morgan fingerprint density at radius 1 is 1.25 bits per heavy atom. The Kier molecular flexibility index (Phi) is 7.56. The summed E-state index contributed by atoms with van der Waals surface area (Å²) in [5, 5.41) is 2.89. The van der Waals surface area contributed by atoms with E-state index in [0.717, 1.165) is 23.5 Å². The van der Waals surface area contributed by atoms with E-state index >= 15 is 0 Å². The van der Waals surface area contributed by atoms with Crippen LogP contribution in [0.25, 0.3) is 0 Å². The molecule has 0 saturated carbocycles. The zero-order valence-corrected chi connectivity index (χ0v) is 15.5. The summed E-state index contributed by atoms with van der Waals surface area (Å²) in [7, 11) is 1.62. The van der Waals surface area contributed by atoms with Crippen molar-refractivity contribution in [1.29, 1.82) is 0 Å². The molecule has 1 amide bonds. The lowest BCUT2D eigenvalue weighted by Gasteiger charge is -2.14. The second kappa shape index (κ2) is 9.67. The Labute approximate surface area is 151 Å². The molecule has 130 valence electrons. The van der Waals surface area contributed by atoms with E-state index in [1.165, 1.54) is 11.3 Å². The van der Waals surface area contributed by atoms with E-state index < -0.39 is 0 Å². The average molecular weight is 368 g/mol. The van der Waals surface area contributed by atoms with Gasteiger partial charge in [0.25, 0.3) is 5.91 Å². The van der Waals surface area contributed by atoms with E-state index in [1.807, 2.05) is 24.3 Å². The summed E-state index contributed by atoms with van der Waals surface area (Å²) in [6.45, 7) is 3.20. The highest BCUT2D eigenvalue weighted by Crippen LogP contribution is 2.28. The molecule has 1 aromatic carbocycles. The van der Waals surface area contributed by atoms with Crippen LogP contribution in [0.2, 0.25) is 4.34 Å². The van der Waals surface area contributed by atoms with Crippen molar-refractivity contribution in [1.82, 2.24) is 5.32 Å². The van der Waals surface area contributed by atoms with Crippen molar-refractivity contribution < 1.29 is 14.3 Å². The molecular formula is C18H22ClNO3S. The zero-order chi connectivity index (χ0) is 17.4. The molecule has 0 saturated heterocycles. The van der Waals surface area contributed by atoms with Crippen LogP contribution in [-0.4, -0.2) is 26.2 Å². The van der Waals surface area contributed by atoms with Gasteiger partial charge in [-0.25, -0.2) is 0 Å². The number of rotatable bonds is 9. The van der Waals surface area contributed by atoms with Gasteiger partial charge >= 0.3 is 0 Å². The second-order valence-electron chi connectivity index (χ2n) is 5.30. The van der Waals surface area contributed by atoms with Crippen molar-refractivity contribution in [2.24, 2.45) is 0 Å². The predicted octanol–water partition coefficient (Wildman–Crippen LogP) is 4.70. The molecule has 0 bridgehead atoms. The smallest absolute Gasteiger partial charge is 0.251 e. The van der Waals surface area contributed by atoms with Gasteiger partial charge < -0.3 is 14.8 Å². The highest BCUT2D eigenvalue weighted by atomic mass is 35.5. The summed E-state index contributed by atoms with van der Waals surface area (Å²) in [4.78, 5) is 13.2. The third-order valence-corrected chi connectivity index (χ3v) is 4.85. The Bertz CT molecular complexity index is 642. The normalized spacial score (nSPS) is 12.0. The molecule has 1 N–H and O–H groups in total. The van der Waals surface area contributed by atoms with Crippen molar-refractivity contribution >= 4 is 28.8 Å². The van der Waals surface area contributed by atoms with Crippen molar-refractivity contribution in [3.05, 3.63) is 51.2 Å². The first-order valence-electron chi connectivity index (χ1n) is 7.93. The van der Waals surface area contributed by atoms with E-state index in [4.69, 9.17) is 21.1 Å². The lowest BCUT2D eigenvalue weighted by atomic mass is 10.2. The number of nitrogens with one attached hydrogen (secondary N) is 1. The van der Waals surface area contributed by atoms with E-state index in [9.17, 15) is 4.79 Å². The topological polar surface area (TPSA) is 47.6 Å². The molecule has 1 atom stereocenters. The van der Waals surface area contributed by atoms with Gasteiger partial charge in [-0.15, -0.1) is 11.3 Å². The van der Waals surface area contributed by atoms with E-state index in [1.54, 1.807) is 19.2 Å². The summed E-state index contributed by atoms with van der Waals surface area (Å²) < 4.78 is 11.7. The lowest BCUT2D eigenvalue weighted by Crippen LogP contribution is -2.28. The summed E-state index contributed by atoms with van der Waals surface area (Å²) in [5.41, 5.74) is 0.594. The highest BCUT2D eigenvalue weighted by molar-refractivity contribution is 7.16. The molecule has 1 aromatic heterocycles. The van der Waals surface area contributed by atoms with Crippen LogP contribution in [0, 0.1) is 0 Å². The molecule has 0 aliphatic carbocycles. The van der Waals surface area contributed by atoms with Crippen LogP contribution < -0.4 is 10.1 Å². The van der Waals surface area contributed by atoms with Gasteiger partial charge in [-0.2, -0.15) is 0 Å². The molecule has 1 heterocycles. The maximum Gasteiger partial charge on any atom is 0.251 e.